The van der Waals surface area contributed by atoms with Crippen LogP contribution in [0.4, 0.5) is 14.5 Å². The summed E-state index contributed by atoms with van der Waals surface area (Å²) >= 11 is 11.6. The van der Waals surface area contributed by atoms with Crippen molar-refractivity contribution < 1.29 is 18.4 Å². The molecule has 0 bridgehead atoms. The first-order valence-corrected chi connectivity index (χ1v) is 11.2. The Morgan fingerprint density at radius 2 is 1.41 bits per heavy atom. The number of halogens is 3. The quantitative estimate of drug-likeness (QED) is 0.457. The van der Waals surface area contributed by atoms with Gasteiger partial charge in [0.05, 0.1) is 13.0 Å². The predicted octanol–water partition coefficient (Wildman–Crippen LogP) is 5.14. The van der Waals surface area contributed by atoms with Gasteiger partial charge in [-0.3, -0.25) is 14.5 Å². The normalized spacial score (nSPS) is 15.7. The van der Waals surface area contributed by atoms with E-state index in [9.17, 15) is 18.4 Å². The molecule has 1 heterocycles. The largest absolute Gasteiger partial charge is 0.332 e. The molecule has 1 aliphatic rings. The molecule has 1 atom stereocenters. The van der Waals surface area contributed by atoms with E-state index in [1.165, 1.54) is 41.3 Å². The number of carbonyl (C=O) groups is 2. The van der Waals surface area contributed by atoms with E-state index in [0.29, 0.717) is 22.8 Å². The van der Waals surface area contributed by atoms with Gasteiger partial charge in [0.1, 0.15) is 17.7 Å². The SMILES string of the molecule is O=C(C[C@H]1C(=O)N(Cc2ccc(F)cc2)C(=S)N1Cc1ccc(Cl)cc1)Nc1ccc(F)cc1. The van der Waals surface area contributed by atoms with Gasteiger partial charge in [-0.1, -0.05) is 35.9 Å². The Bertz CT molecular complexity index is 1200. The van der Waals surface area contributed by atoms with Gasteiger partial charge < -0.3 is 10.2 Å². The Hall–Kier alpha value is -3.36. The number of amides is 2. The highest BCUT2D eigenvalue weighted by atomic mass is 35.5. The van der Waals surface area contributed by atoms with E-state index < -0.39 is 17.8 Å². The summed E-state index contributed by atoms with van der Waals surface area (Å²) in [6.45, 7) is 0.460. The minimum Gasteiger partial charge on any atom is -0.332 e. The number of thiocarbonyl (C=S) groups is 1. The standard InChI is InChI=1S/C25H20ClF2N3O2S/c26-18-5-1-16(2-6-18)14-30-22(13-23(32)29-21-11-9-20(28)10-12-21)24(33)31(25(30)34)15-17-3-7-19(27)8-4-17/h1-12,22H,13-15H2,(H,29,32)/t22-/m0/s1. The molecule has 4 rings (SSSR count). The molecule has 0 spiro atoms. The van der Waals surface area contributed by atoms with Crippen LogP contribution in [0.5, 0.6) is 0 Å². The molecule has 0 aliphatic carbocycles. The molecule has 1 saturated heterocycles. The first-order chi connectivity index (χ1) is 16.3. The minimum atomic E-state index is -0.830. The third-order valence-electron chi connectivity index (χ3n) is 5.43. The van der Waals surface area contributed by atoms with Crippen LogP contribution < -0.4 is 5.32 Å². The van der Waals surface area contributed by atoms with Crippen LogP contribution in [0.25, 0.3) is 0 Å². The Kier molecular flexibility index (Phi) is 7.19. The molecular weight excluding hydrogens is 480 g/mol. The van der Waals surface area contributed by atoms with Gasteiger partial charge in [-0.2, -0.15) is 0 Å². The van der Waals surface area contributed by atoms with Gasteiger partial charge in [0.15, 0.2) is 5.11 Å². The van der Waals surface area contributed by atoms with E-state index in [-0.39, 0.29) is 29.8 Å². The molecule has 3 aromatic carbocycles. The molecule has 9 heteroatoms. The number of nitrogens with zero attached hydrogens (tertiary/aromatic N) is 2. The van der Waals surface area contributed by atoms with Crippen molar-refractivity contribution >= 4 is 46.4 Å². The summed E-state index contributed by atoms with van der Waals surface area (Å²) in [4.78, 5) is 29.2. The number of nitrogens with one attached hydrogen (secondary N) is 1. The molecule has 0 saturated carbocycles. The molecule has 0 radical (unpaired) electrons. The van der Waals surface area contributed by atoms with Gasteiger partial charge >= 0.3 is 0 Å². The first-order valence-electron chi connectivity index (χ1n) is 10.5. The van der Waals surface area contributed by atoms with Crippen LogP contribution in [0.15, 0.2) is 72.8 Å². The Balaban J connectivity index is 1.55. The fourth-order valence-electron chi connectivity index (χ4n) is 3.70. The van der Waals surface area contributed by atoms with Crippen LogP contribution in [-0.2, 0) is 22.7 Å². The van der Waals surface area contributed by atoms with Gasteiger partial charge in [0.2, 0.25) is 5.91 Å². The third kappa shape index (κ3) is 5.58. The Labute approximate surface area is 205 Å². The van der Waals surface area contributed by atoms with E-state index >= 15 is 0 Å². The molecule has 3 aromatic rings. The molecule has 174 valence electrons. The first kappa shape index (κ1) is 23.8. The smallest absolute Gasteiger partial charge is 0.252 e. The van der Waals surface area contributed by atoms with Crippen molar-refractivity contribution in [2.75, 3.05) is 5.32 Å². The fraction of sp³-hybridized carbons (Fsp3) is 0.160. The lowest BCUT2D eigenvalue weighted by Gasteiger charge is -2.24. The van der Waals surface area contributed by atoms with Crippen molar-refractivity contribution in [3.8, 4) is 0 Å². The van der Waals surface area contributed by atoms with Crippen molar-refractivity contribution in [1.29, 1.82) is 0 Å². The summed E-state index contributed by atoms with van der Waals surface area (Å²) in [6.07, 6.45) is -0.149. The topological polar surface area (TPSA) is 52.7 Å². The van der Waals surface area contributed by atoms with Crippen LogP contribution >= 0.6 is 23.8 Å². The van der Waals surface area contributed by atoms with Crippen LogP contribution in [-0.4, -0.2) is 32.8 Å². The van der Waals surface area contributed by atoms with E-state index in [0.717, 1.165) is 5.56 Å². The van der Waals surface area contributed by atoms with Crippen molar-refractivity contribution in [2.45, 2.75) is 25.6 Å². The van der Waals surface area contributed by atoms with Gasteiger partial charge in [0, 0.05) is 17.3 Å². The second-order valence-corrected chi connectivity index (χ2v) is 8.66. The summed E-state index contributed by atoms with van der Waals surface area (Å²) < 4.78 is 26.5. The zero-order chi connectivity index (χ0) is 24.2. The summed E-state index contributed by atoms with van der Waals surface area (Å²) in [7, 11) is 0. The maximum absolute atomic E-state index is 13.3. The van der Waals surface area contributed by atoms with Crippen molar-refractivity contribution in [2.24, 2.45) is 0 Å². The van der Waals surface area contributed by atoms with Crippen LogP contribution in [0.3, 0.4) is 0 Å². The zero-order valence-corrected chi connectivity index (χ0v) is 19.5. The molecule has 1 fully saturated rings. The number of benzene rings is 3. The second-order valence-electron chi connectivity index (χ2n) is 7.86. The maximum Gasteiger partial charge on any atom is 0.252 e. The van der Waals surface area contributed by atoms with E-state index in [2.05, 4.69) is 5.32 Å². The van der Waals surface area contributed by atoms with Crippen molar-refractivity contribution in [3.63, 3.8) is 0 Å². The molecule has 1 aliphatic heterocycles. The molecule has 0 unspecified atom stereocenters. The molecular formula is C25H20ClF2N3O2S. The highest BCUT2D eigenvalue weighted by molar-refractivity contribution is 7.80. The monoisotopic (exact) mass is 499 g/mol. The highest BCUT2D eigenvalue weighted by Crippen LogP contribution is 2.26. The van der Waals surface area contributed by atoms with Crippen LogP contribution in [0.1, 0.15) is 17.5 Å². The number of hydrogen-bond donors (Lipinski definition) is 1. The average molecular weight is 500 g/mol. The van der Waals surface area contributed by atoms with Gasteiger partial charge in [-0.25, -0.2) is 8.78 Å². The van der Waals surface area contributed by atoms with Gasteiger partial charge in [0.25, 0.3) is 5.91 Å². The highest BCUT2D eigenvalue weighted by Gasteiger charge is 2.43. The minimum absolute atomic E-state index is 0.149. The lowest BCUT2D eigenvalue weighted by atomic mass is 10.1. The summed E-state index contributed by atoms with van der Waals surface area (Å²) in [5.74, 6) is -1.52. The van der Waals surface area contributed by atoms with Gasteiger partial charge in [-0.05, 0) is 71.9 Å². The van der Waals surface area contributed by atoms with E-state index in [4.69, 9.17) is 23.8 Å². The molecule has 5 nitrogen and oxygen atoms in total. The molecule has 1 N–H and O–H groups in total. The number of hydrogen-bond acceptors (Lipinski definition) is 3. The predicted molar refractivity (Wildman–Crippen MR) is 130 cm³/mol. The zero-order valence-electron chi connectivity index (χ0n) is 17.9. The van der Waals surface area contributed by atoms with Crippen molar-refractivity contribution in [3.05, 3.63) is 101 Å². The van der Waals surface area contributed by atoms with Crippen LogP contribution in [0.2, 0.25) is 5.02 Å². The van der Waals surface area contributed by atoms with E-state index in [1.807, 2.05) is 12.1 Å². The third-order valence-corrected chi connectivity index (χ3v) is 6.14. The number of anilines is 1. The fourth-order valence-corrected chi connectivity index (χ4v) is 4.17. The van der Waals surface area contributed by atoms with Gasteiger partial charge in [-0.15, -0.1) is 0 Å². The molecule has 0 aromatic heterocycles. The molecule has 2 amide bonds. The second kappa shape index (κ2) is 10.3. The van der Waals surface area contributed by atoms with Crippen LogP contribution in [0, 0.1) is 11.6 Å². The number of rotatable bonds is 7. The maximum atomic E-state index is 13.3. The Morgan fingerprint density at radius 1 is 0.882 bits per heavy atom. The molecule has 34 heavy (non-hydrogen) atoms. The Morgan fingerprint density at radius 3 is 2.03 bits per heavy atom. The summed E-state index contributed by atoms with van der Waals surface area (Å²) in [6, 6.07) is 17.5. The average Bonchev–Trinajstić information content (AvgIpc) is 3.02. The lowest BCUT2D eigenvalue weighted by Crippen LogP contribution is -2.37. The van der Waals surface area contributed by atoms with Crippen molar-refractivity contribution in [1.82, 2.24) is 9.80 Å². The number of carbonyl (C=O) groups excluding carboxylic acids is 2. The summed E-state index contributed by atoms with van der Waals surface area (Å²) in [5.41, 5.74) is 2.00. The van der Waals surface area contributed by atoms with E-state index in [1.54, 1.807) is 29.2 Å². The lowest BCUT2D eigenvalue weighted by molar-refractivity contribution is -0.131. The summed E-state index contributed by atoms with van der Waals surface area (Å²) in [5, 5.41) is 3.55.